The molecule has 1 amide bonds. The summed E-state index contributed by atoms with van der Waals surface area (Å²) in [6.07, 6.45) is 0.892. The van der Waals surface area contributed by atoms with Gasteiger partial charge in [-0.05, 0) is 36.1 Å². The van der Waals surface area contributed by atoms with Gasteiger partial charge in [0, 0.05) is 25.0 Å². The zero-order valence-electron chi connectivity index (χ0n) is 19.5. The van der Waals surface area contributed by atoms with Crippen LogP contribution in [0.2, 0.25) is 0 Å². The number of thioether (sulfide) groups is 1. The predicted octanol–water partition coefficient (Wildman–Crippen LogP) is 5.09. The first-order chi connectivity index (χ1) is 17.2. The van der Waals surface area contributed by atoms with Crippen LogP contribution in [0.25, 0.3) is 22.1 Å². The Kier molecular flexibility index (Phi) is 5.70. The van der Waals surface area contributed by atoms with Gasteiger partial charge < -0.3 is 9.47 Å². The monoisotopic (exact) mass is 479 g/mol. The molecule has 174 valence electrons. The number of fused-ring (bicyclic) bond motifs is 4. The standard InChI is InChI=1S/C28H25N5OS/c1-19(27(34)32-16-15-21-11-5-6-12-22(21)18-32)35-28-29-26-25(30-31-28)23-13-7-8-14-24(23)33(26)17-20-9-3-2-4-10-20/h2-14,19H,15-18H2,1H3. The van der Waals surface area contributed by atoms with Crippen LogP contribution in [0.4, 0.5) is 0 Å². The fourth-order valence-electron chi connectivity index (χ4n) is 4.81. The summed E-state index contributed by atoms with van der Waals surface area (Å²) in [4.78, 5) is 20.1. The highest BCUT2D eigenvalue weighted by molar-refractivity contribution is 8.00. The van der Waals surface area contributed by atoms with E-state index in [1.54, 1.807) is 0 Å². The largest absolute Gasteiger partial charge is 0.337 e. The lowest BCUT2D eigenvalue weighted by molar-refractivity contribution is -0.131. The van der Waals surface area contributed by atoms with Gasteiger partial charge in [-0.15, -0.1) is 10.2 Å². The van der Waals surface area contributed by atoms with Crippen molar-refractivity contribution in [2.75, 3.05) is 6.54 Å². The van der Waals surface area contributed by atoms with Crippen LogP contribution in [0.5, 0.6) is 0 Å². The lowest BCUT2D eigenvalue weighted by atomic mass is 10.00. The van der Waals surface area contributed by atoms with Crippen molar-refractivity contribution in [2.45, 2.75) is 36.8 Å². The molecule has 2 aromatic heterocycles. The normalized spacial score (nSPS) is 14.3. The molecule has 35 heavy (non-hydrogen) atoms. The van der Waals surface area contributed by atoms with Gasteiger partial charge >= 0.3 is 0 Å². The Hall–Kier alpha value is -3.71. The molecule has 1 aliphatic heterocycles. The van der Waals surface area contributed by atoms with E-state index in [2.05, 4.69) is 57.2 Å². The van der Waals surface area contributed by atoms with Gasteiger partial charge in [0.15, 0.2) is 5.65 Å². The summed E-state index contributed by atoms with van der Waals surface area (Å²) in [7, 11) is 0. The quantitative estimate of drug-likeness (QED) is 0.329. The van der Waals surface area contributed by atoms with Gasteiger partial charge in [-0.3, -0.25) is 4.79 Å². The molecule has 6 nitrogen and oxygen atoms in total. The molecule has 0 aliphatic carbocycles. The molecule has 3 heterocycles. The molecule has 0 spiro atoms. The first-order valence-electron chi connectivity index (χ1n) is 11.8. The van der Waals surface area contributed by atoms with Gasteiger partial charge in [-0.1, -0.05) is 84.6 Å². The minimum absolute atomic E-state index is 0.109. The number of rotatable bonds is 5. The molecule has 3 aromatic carbocycles. The van der Waals surface area contributed by atoms with E-state index in [1.807, 2.05) is 48.2 Å². The smallest absolute Gasteiger partial charge is 0.236 e. The third-order valence-corrected chi connectivity index (χ3v) is 7.55. The highest BCUT2D eigenvalue weighted by atomic mass is 32.2. The molecule has 0 N–H and O–H groups in total. The van der Waals surface area contributed by atoms with E-state index in [0.29, 0.717) is 18.2 Å². The van der Waals surface area contributed by atoms with Crippen LogP contribution in [-0.4, -0.2) is 42.4 Å². The second-order valence-corrected chi connectivity index (χ2v) is 10.2. The van der Waals surface area contributed by atoms with Crippen LogP contribution in [-0.2, 0) is 24.3 Å². The molecule has 6 rings (SSSR count). The molecule has 5 aromatic rings. The predicted molar refractivity (Wildman–Crippen MR) is 139 cm³/mol. The van der Waals surface area contributed by atoms with Gasteiger partial charge in [0.1, 0.15) is 5.52 Å². The average Bonchev–Trinajstić information content (AvgIpc) is 3.21. The van der Waals surface area contributed by atoms with Crippen molar-refractivity contribution in [2.24, 2.45) is 0 Å². The summed E-state index contributed by atoms with van der Waals surface area (Å²) in [5.41, 5.74) is 6.41. The van der Waals surface area contributed by atoms with Crippen LogP contribution in [0.15, 0.2) is 84.0 Å². The average molecular weight is 480 g/mol. The fourth-order valence-corrected chi connectivity index (χ4v) is 5.61. The van der Waals surface area contributed by atoms with Crippen molar-refractivity contribution in [3.05, 3.63) is 95.6 Å². The highest BCUT2D eigenvalue weighted by Gasteiger charge is 2.26. The van der Waals surface area contributed by atoms with Crippen LogP contribution >= 0.6 is 11.8 Å². The Morgan fingerprint density at radius 2 is 1.69 bits per heavy atom. The molecule has 1 atom stereocenters. The van der Waals surface area contributed by atoms with Crippen molar-refractivity contribution >= 4 is 39.7 Å². The first kappa shape index (κ1) is 21.8. The number of aromatic nitrogens is 4. The first-order valence-corrected chi connectivity index (χ1v) is 12.7. The third-order valence-electron chi connectivity index (χ3n) is 6.61. The topological polar surface area (TPSA) is 63.9 Å². The minimum atomic E-state index is -0.300. The highest BCUT2D eigenvalue weighted by Crippen LogP contribution is 2.30. The molecule has 7 heteroatoms. The second-order valence-electron chi connectivity index (χ2n) is 8.89. The fraction of sp³-hybridized carbons (Fsp3) is 0.214. The number of hydrogen-bond acceptors (Lipinski definition) is 5. The van der Waals surface area contributed by atoms with E-state index in [0.717, 1.165) is 35.0 Å². The lowest BCUT2D eigenvalue weighted by Crippen LogP contribution is -2.40. The lowest BCUT2D eigenvalue weighted by Gasteiger charge is -2.30. The molecule has 1 aliphatic rings. The van der Waals surface area contributed by atoms with Crippen LogP contribution in [0, 0.1) is 0 Å². The molecular weight excluding hydrogens is 454 g/mol. The van der Waals surface area contributed by atoms with Crippen molar-refractivity contribution in [3.63, 3.8) is 0 Å². The Balaban J connectivity index is 1.29. The zero-order valence-corrected chi connectivity index (χ0v) is 20.3. The summed E-state index contributed by atoms with van der Waals surface area (Å²) in [6, 6.07) is 26.9. The van der Waals surface area contributed by atoms with E-state index < -0.39 is 0 Å². The van der Waals surface area contributed by atoms with E-state index in [4.69, 9.17) is 4.98 Å². The van der Waals surface area contributed by atoms with E-state index >= 15 is 0 Å². The van der Waals surface area contributed by atoms with Gasteiger partial charge in [-0.25, -0.2) is 4.98 Å². The molecule has 0 saturated heterocycles. The summed E-state index contributed by atoms with van der Waals surface area (Å²) >= 11 is 1.38. The second kappa shape index (κ2) is 9.15. The Labute approximate surface area is 208 Å². The molecule has 0 fully saturated rings. The van der Waals surface area contributed by atoms with Crippen LogP contribution in [0.3, 0.4) is 0 Å². The number of para-hydroxylation sites is 1. The molecule has 0 bridgehead atoms. The Morgan fingerprint density at radius 3 is 2.54 bits per heavy atom. The Morgan fingerprint density at radius 1 is 0.943 bits per heavy atom. The summed E-state index contributed by atoms with van der Waals surface area (Å²) in [6.45, 7) is 4.02. The van der Waals surface area contributed by atoms with Gasteiger partial charge in [0.2, 0.25) is 11.1 Å². The number of benzene rings is 3. The molecule has 0 radical (unpaired) electrons. The van der Waals surface area contributed by atoms with E-state index in [1.165, 1.54) is 28.5 Å². The minimum Gasteiger partial charge on any atom is -0.337 e. The molecule has 0 saturated carbocycles. The summed E-state index contributed by atoms with van der Waals surface area (Å²) in [5.74, 6) is 0.109. The SMILES string of the molecule is CC(Sc1nnc2c3ccccc3n(Cc3ccccc3)c2n1)C(=O)N1CCc2ccccc2C1. The molecular formula is C28H25N5OS. The van der Waals surface area contributed by atoms with Crippen molar-refractivity contribution in [1.29, 1.82) is 0 Å². The number of carbonyl (C=O) groups is 1. The maximum atomic E-state index is 13.2. The number of carbonyl (C=O) groups excluding carboxylic acids is 1. The van der Waals surface area contributed by atoms with Crippen molar-refractivity contribution in [3.8, 4) is 0 Å². The van der Waals surface area contributed by atoms with Crippen LogP contribution < -0.4 is 0 Å². The maximum absolute atomic E-state index is 13.2. The van der Waals surface area contributed by atoms with Gasteiger partial charge in [0.05, 0.1) is 10.8 Å². The zero-order chi connectivity index (χ0) is 23.8. The van der Waals surface area contributed by atoms with Crippen LogP contribution in [0.1, 0.15) is 23.6 Å². The summed E-state index contributed by atoms with van der Waals surface area (Å²) in [5, 5.41) is 10.2. The van der Waals surface area contributed by atoms with Gasteiger partial charge in [-0.2, -0.15) is 0 Å². The van der Waals surface area contributed by atoms with Gasteiger partial charge in [0.25, 0.3) is 0 Å². The summed E-state index contributed by atoms with van der Waals surface area (Å²) < 4.78 is 2.19. The number of amides is 1. The van der Waals surface area contributed by atoms with E-state index in [9.17, 15) is 4.79 Å². The number of hydrogen-bond donors (Lipinski definition) is 0. The Bertz CT molecular complexity index is 1530. The van der Waals surface area contributed by atoms with Crippen molar-refractivity contribution in [1.82, 2.24) is 24.6 Å². The van der Waals surface area contributed by atoms with E-state index in [-0.39, 0.29) is 11.2 Å². The molecule has 1 unspecified atom stereocenters. The third kappa shape index (κ3) is 4.17. The number of nitrogens with zero attached hydrogens (tertiary/aromatic N) is 5. The maximum Gasteiger partial charge on any atom is 0.236 e. The van der Waals surface area contributed by atoms with Crippen molar-refractivity contribution < 1.29 is 4.79 Å².